The number of halogens is 2. The minimum Gasteiger partial charge on any atom is -0.492 e. The normalized spacial score (nSPS) is 12.2. The van der Waals surface area contributed by atoms with Crippen molar-refractivity contribution in [2.24, 2.45) is 0 Å². The lowest BCUT2D eigenvalue weighted by Crippen LogP contribution is -2.24. The molecule has 1 N–H and O–H groups in total. The zero-order valence-corrected chi connectivity index (χ0v) is 13.7. The van der Waals surface area contributed by atoms with Crippen LogP contribution in [0.4, 0.5) is 0 Å². The molecule has 21 heavy (non-hydrogen) atoms. The van der Waals surface area contributed by atoms with Crippen LogP contribution in [0.25, 0.3) is 0 Å². The SMILES string of the molecule is Cc1cccc(OCCNC(C)c2ccc(Cl)cc2Cl)c1. The first-order valence-corrected chi connectivity index (χ1v) is 7.69. The number of aryl methyl sites for hydroxylation is 1. The van der Waals surface area contributed by atoms with Crippen LogP contribution in [0.15, 0.2) is 42.5 Å². The Labute approximate surface area is 136 Å². The fraction of sp³-hybridized carbons (Fsp3) is 0.294. The van der Waals surface area contributed by atoms with Crippen LogP contribution < -0.4 is 10.1 Å². The molecule has 0 fully saturated rings. The fourth-order valence-corrected chi connectivity index (χ4v) is 2.68. The van der Waals surface area contributed by atoms with Gasteiger partial charge in [-0.15, -0.1) is 0 Å². The van der Waals surface area contributed by atoms with Gasteiger partial charge in [-0.1, -0.05) is 41.4 Å². The average Bonchev–Trinajstić information content (AvgIpc) is 2.43. The molecule has 0 saturated carbocycles. The van der Waals surface area contributed by atoms with Gasteiger partial charge in [-0.25, -0.2) is 0 Å². The van der Waals surface area contributed by atoms with Crippen LogP contribution in [0.2, 0.25) is 10.0 Å². The summed E-state index contributed by atoms with van der Waals surface area (Å²) in [6, 6.07) is 13.7. The van der Waals surface area contributed by atoms with Gasteiger partial charge in [-0.2, -0.15) is 0 Å². The van der Waals surface area contributed by atoms with Crippen molar-refractivity contribution < 1.29 is 4.74 Å². The zero-order chi connectivity index (χ0) is 15.2. The number of ether oxygens (including phenoxy) is 1. The standard InChI is InChI=1S/C17H19Cl2NO/c1-12-4-3-5-15(10-12)21-9-8-20-13(2)16-7-6-14(18)11-17(16)19/h3-7,10-11,13,20H,8-9H2,1-2H3. The van der Waals surface area contributed by atoms with Crippen molar-refractivity contribution in [1.29, 1.82) is 0 Å². The van der Waals surface area contributed by atoms with Crippen LogP contribution in [-0.2, 0) is 0 Å². The van der Waals surface area contributed by atoms with Crippen molar-refractivity contribution in [3.05, 3.63) is 63.6 Å². The van der Waals surface area contributed by atoms with Crippen LogP contribution in [0.5, 0.6) is 5.75 Å². The van der Waals surface area contributed by atoms with Crippen molar-refractivity contribution in [2.45, 2.75) is 19.9 Å². The third-order valence-corrected chi connectivity index (χ3v) is 3.80. The molecule has 2 aromatic carbocycles. The van der Waals surface area contributed by atoms with Gasteiger partial charge in [-0.3, -0.25) is 0 Å². The van der Waals surface area contributed by atoms with Crippen molar-refractivity contribution in [1.82, 2.24) is 5.32 Å². The quantitative estimate of drug-likeness (QED) is 0.752. The molecule has 0 saturated heterocycles. The Morgan fingerprint density at radius 1 is 1.14 bits per heavy atom. The highest BCUT2D eigenvalue weighted by molar-refractivity contribution is 6.35. The van der Waals surface area contributed by atoms with E-state index in [1.165, 1.54) is 5.56 Å². The number of rotatable bonds is 6. The molecule has 0 aliphatic rings. The number of hydrogen-bond donors (Lipinski definition) is 1. The Hall–Kier alpha value is -1.22. The van der Waals surface area contributed by atoms with Gasteiger partial charge in [0.15, 0.2) is 0 Å². The molecule has 0 aliphatic heterocycles. The van der Waals surface area contributed by atoms with Crippen LogP contribution in [0.1, 0.15) is 24.1 Å². The summed E-state index contributed by atoms with van der Waals surface area (Å²) in [7, 11) is 0. The van der Waals surface area contributed by atoms with E-state index in [1.807, 2.05) is 30.3 Å². The summed E-state index contributed by atoms with van der Waals surface area (Å²) in [5, 5.41) is 4.73. The molecule has 0 bridgehead atoms. The molecule has 2 aromatic rings. The summed E-state index contributed by atoms with van der Waals surface area (Å²) in [5.74, 6) is 0.897. The third kappa shape index (κ3) is 4.92. The van der Waals surface area contributed by atoms with E-state index in [0.717, 1.165) is 17.9 Å². The summed E-state index contributed by atoms with van der Waals surface area (Å²) in [6.45, 7) is 5.48. The largest absolute Gasteiger partial charge is 0.492 e. The fourth-order valence-electron chi connectivity index (χ4n) is 2.11. The predicted octanol–water partition coefficient (Wildman–Crippen LogP) is 5.03. The van der Waals surface area contributed by atoms with E-state index in [0.29, 0.717) is 16.7 Å². The first-order valence-electron chi connectivity index (χ1n) is 6.94. The van der Waals surface area contributed by atoms with Crippen molar-refractivity contribution in [2.75, 3.05) is 13.2 Å². The van der Waals surface area contributed by atoms with Gasteiger partial charge >= 0.3 is 0 Å². The van der Waals surface area contributed by atoms with Gasteiger partial charge in [0.1, 0.15) is 12.4 Å². The summed E-state index contributed by atoms with van der Waals surface area (Å²) in [4.78, 5) is 0. The zero-order valence-electron chi connectivity index (χ0n) is 12.2. The highest BCUT2D eigenvalue weighted by Gasteiger charge is 2.09. The Bertz CT molecular complexity index is 601. The second-order valence-corrected chi connectivity index (χ2v) is 5.85. The van der Waals surface area contributed by atoms with E-state index >= 15 is 0 Å². The number of benzene rings is 2. The highest BCUT2D eigenvalue weighted by Crippen LogP contribution is 2.25. The van der Waals surface area contributed by atoms with Gasteiger partial charge < -0.3 is 10.1 Å². The van der Waals surface area contributed by atoms with E-state index in [-0.39, 0.29) is 6.04 Å². The first kappa shape index (κ1) is 16.2. The van der Waals surface area contributed by atoms with Crippen LogP contribution >= 0.6 is 23.2 Å². The summed E-state index contributed by atoms with van der Waals surface area (Å²) >= 11 is 12.1. The monoisotopic (exact) mass is 323 g/mol. The maximum atomic E-state index is 6.19. The summed E-state index contributed by atoms with van der Waals surface area (Å²) in [5.41, 5.74) is 2.23. The maximum absolute atomic E-state index is 6.19. The smallest absolute Gasteiger partial charge is 0.119 e. The van der Waals surface area contributed by atoms with Gasteiger partial charge in [0.05, 0.1) is 0 Å². The van der Waals surface area contributed by atoms with Crippen LogP contribution in [0.3, 0.4) is 0 Å². The second-order valence-electron chi connectivity index (χ2n) is 5.01. The molecule has 2 rings (SSSR count). The molecule has 0 spiro atoms. The first-order chi connectivity index (χ1) is 10.1. The molecule has 0 radical (unpaired) electrons. The van der Waals surface area contributed by atoms with Gasteiger partial charge in [0, 0.05) is 22.6 Å². The molecular formula is C17H19Cl2NO. The van der Waals surface area contributed by atoms with E-state index < -0.39 is 0 Å². The topological polar surface area (TPSA) is 21.3 Å². The molecule has 0 heterocycles. The summed E-state index contributed by atoms with van der Waals surface area (Å²) in [6.07, 6.45) is 0. The molecule has 2 nitrogen and oxygen atoms in total. The van der Waals surface area contributed by atoms with E-state index in [2.05, 4.69) is 25.2 Å². The molecule has 0 amide bonds. The number of nitrogens with one attached hydrogen (secondary N) is 1. The molecular weight excluding hydrogens is 305 g/mol. The third-order valence-electron chi connectivity index (χ3n) is 3.24. The molecule has 4 heteroatoms. The van der Waals surface area contributed by atoms with Crippen LogP contribution in [-0.4, -0.2) is 13.2 Å². The van der Waals surface area contributed by atoms with Gasteiger partial charge in [-0.05, 0) is 49.2 Å². The molecule has 112 valence electrons. The highest BCUT2D eigenvalue weighted by atomic mass is 35.5. The molecule has 1 unspecified atom stereocenters. The van der Waals surface area contributed by atoms with Crippen molar-refractivity contribution in [3.63, 3.8) is 0 Å². The molecule has 1 atom stereocenters. The summed E-state index contributed by atoms with van der Waals surface area (Å²) < 4.78 is 5.71. The molecule has 0 aromatic heterocycles. The minimum absolute atomic E-state index is 0.149. The average molecular weight is 324 g/mol. The van der Waals surface area contributed by atoms with Gasteiger partial charge in [0.2, 0.25) is 0 Å². The van der Waals surface area contributed by atoms with E-state index in [4.69, 9.17) is 27.9 Å². The lowest BCUT2D eigenvalue weighted by atomic mass is 10.1. The predicted molar refractivity (Wildman–Crippen MR) is 89.6 cm³/mol. The lowest BCUT2D eigenvalue weighted by Gasteiger charge is -2.16. The Balaban J connectivity index is 1.80. The maximum Gasteiger partial charge on any atom is 0.119 e. The van der Waals surface area contributed by atoms with E-state index in [9.17, 15) is 0 Å². The van der Waals surface area contributed by atoms with E-state index in [1.54, 1.807) is 6.07 Å². The number of hydrogen-bond acceptors (Lipinski definition) is 2. The second kappa shape index (κ2) is 7.69. The lowest BCUT2D eigenvalue weighted by molar-refractivity contribution is 0.307. The van der Waals surface area contributed by atoms with Crippen LogP contribution in [0, 0.1) is 6.92 Å². The Morgan fingerprint density at radius 2 is 1.95 bits per heavy atom. The van der Waals surface area contributed by atoms with Crippen molar-refractivity contribution in [3.8, 4) is 5.75 Å². The van der Waals surface area contributed by atoms with Crippen molar-refractivity contribution >= 4 is 23.2 Å². The minimum atomic E-state index is 0.149. The van der Waals surface area contributed by atoms with Gasteiger partial charge in [0.25, 0.3) is 0 Å². The Kier molecular flexibility index (Phi) is 5.92. The molecule has 0 aliphatic carbocycles. The Morgan fingerprint density at radius 3 is 2.67 bits per heavy atom.